The van der Waals surface area contributed by atoms with E-state index in [-0.39, 0.29) is 18.7 Å². The van der Waals surface area contributed by atoms with Crippen molar-refractivity contribution in [2.24, 2.45) is 0 Å². The number of carbonyl (C=O) groups excluding carboxylic acids is 2. The molecule has 0 saturated carbocycles. The van der Waals surface area contributed by atoms with Crippen LogP contribution in [0.15, 0.2) is 66.0 Å². The third-order valence-corrected chi connectivity index (χ3v) is 4.69. The quantitative estimate of drug-likeness (QED) is 0.698. The molecule has 1 amide bonds. The maximum atomic E-state index is 12.4. The maximum Gasteiger partial charge on any atom is 0.226 e. The average Bonchev–Trinajstić information content (AvgIpc) is 3.10. The van der Waals surface area contributed by atoms with Crippen molar-refractivity contribution >= 4 is 28.3 Å². The Morgan fingerprint density at radius 3 is 2.31 bits per heavy atom. The van der Waals surface area contributed by atoms with Crippen molar-refractivity contribution in [3.8, 4) is 11.3 Å². The molecule has 3 aromatic rings. The minimum atomic E-state index is -1.17. The van der Waals surface area contributed by atoms with E-state index in [1.165, 1.54) is 11.3 Å². The number of aromatic nitrogens is 1. The van der Waals surface area contributed by atoms with Gasteiger partial charge in [-0.1, -0.05) is 60.7 Å². The number of amides is 1. The number of benzene rings is 2. The van der Waals surface area contributed by atoms with Crippen molar-refractivity contribution in [2.45, 2.75) is 18.8 Å². The Kier molecular flexibility index (Phi) is 5.76. The van der Waals surface area contributed by atoms with E-state index in [2.05, 4.69) is 10.3 Å². The fourth-order valence-electron chi connectivity index (χ4n) is 2.70. The maximum absolute atomic E-state index is 12.4. The van der Waals surface area contributed by atoms with Crippen LogP contribution in [0.5, 0.6) is 0 Å². The molecule has 0 saturated heterocycles. The number of carboxylic acids is 1. The second-order valence-electron chi connectivity index (χ2n) is 5.84. The van der Waals surface area contributed by atoms with Crippen LogP contribution in [0.25, 0.3) is 11.3 Å². The van der Waals surface area contributed by atoms with Crippen LogP contribution in [0, 0.1) is 0 Å². The van der Waals surface area contributed by atoms with Crippen molar-refractivity contribution < 1.29 is 14.7 Å². The third kappa shape index (κ3) is 4.77. The predicted molar refractivity (Wildman–Crippen MR) is 99.6 cm³/mol. The van der Waals surface area contributed by atoms with E-state index in [4.69, 9.17) is 0 Å². The highest BCUT2D eigenvalue weighted by molar-refractivity contribution is 7.14. The molecule has 0 spiro atoms. The SMILES string of the molecule is O=C([O-])C[C@@H](CC(=O)Nc1nc(-c2ccccc2)cs1)c1ccccc1. The molecule has 1 aromatic heterocycles. The van der Waals surface area contributed by atoms with Gasteiger partial charge in [0.15, 0.2) is 5.13 Å². The zero-order valence-corrected chi connectivity index (χ0v) is 14.7. The van der Waals surface area contributed by atoms with Gasteiger partial charge in [-0.05, 0) is 17.9 Å². The van der Waals surface area contributed by atoms with E-state index in [0.29, 0.717) is 5.13 Å². The van der Waals surface area contributed by atoms with Crippen LogP contribution in [0.3, 0.4) is 0 Å². The van der Waals surface area contributed by atoms with Crippen LogP contribution < -0.4 is 10.4 Å². The second-order valence-corrected chi connectivity index (χ2v) is 6.70. The normalized spacial score (nSPS) is 11.7. The lowest BCUT2D eigenvalue weighted by atomic mass is 9.92. The summed E-state index contributed by atoms with van der Waals surface area (Å²) in [4.78, 5) is 27.8. The van der Waals surface area contributed by atoms with Crippen LogP contribution in [-0.2, 0) is 9.59 Å². The molecule has 132 valence electrons. The lowest BCUT2D eigenvalue weighted by molar-refractivity contribution is -0.306. The highest BCUT2D eigenvalue weighted by Crippen LogP contribution is 2.27. The lowest BCUT2D eigenvalue weighted by Crippen LogP contribution is -2.26. The van der Waals surface area contributed by atoms with Gasteiger partial charge in [0.25, 0.3) is 0 Å². The number of thiazole rings is 1. The van der Waals surface area contributed by atoms with Crippen LogP contribution in [-0.4, -0.2) is 16.9 Å². The van der Waals surface area contributed by atoms with Gasteiger partial charge in [0.2, 0.25) is 5.91 Å². The molecular weight excluding hydrogens is 348 g/mol. The Bertz CT molecular complexity index is 878. The predicted octanol–water partition coefficient (Wildman–Crippen LogP) is 3.06. The molecular formula is C20H17N2O3S-. The zero-order chi connectivity index (χ0) is 18.4. The third-order valence-electron chi connectivity index (χ3n) is 3.94. The molecule has 0 aliphatic heterocycles. The summed E-state index contributed by atoms with van der Waals surface area (Å²) in [5, 5.41) is 16.2. The van der Waals surface area contributed by atoms with Gasteiger partial charge in [-0.15, -0.1) is 11.3 Å². The molecule has 1 heterocycles. The summed E-state index contributed by atoms with van der Waals surface area (Å²) < 4.78 is 0. The molecule has 6 heteroatoms. The number of carbonyl (C=O) groups is 2. The van der Waals surface area contributed by atoms with E-state index in [0.717, 1.165) is 16.8 Å². The minimum absolute atomic E-state index is 0.0538. The van der Waals surface area contributed by atoms with E-state index < -0.39 is 11.9 Å². The Labute approximate surface area is 155 Å². The van der Waals surface area contributed by atoms with E-state index in [9.17, 15) is 14.7 Å². The highest BCUT2D eigenvalue weighted by Gasteiger charge is 2.17. The fourth-order valence-corrected chi connectivity index (χ4v) is 3.44. The van der Waals surface area contributed by atoms with Gasteiger partial charge in [0.1, 0.15) is 0 Å². The molecule has 26 heavy (non-hydrogen) atoms. The number of aliphatic carboxylic acids is 1. The monoisotopic (exact) mass is 365 g/mol. The van der Waals surface area contributed by atoms with Gasteiger partial charge in [-0.25, -0.2) is 4.98 Å². The van der Waals surface area contributed by atoms with Gasteiger partial charge >= 0.3 is 0 Å². The standard InChI is InChI=1S/C20H18N2O3S/c23-18(11-16(12-19(24)25)14-7-3-1-4-8-14)22-20-21-17(13-26-20)15-9-5-2-6-10-15/h1-10,13,16H,11-12H2,(H,24,25)(H,21,22,23)/p-1/t16-/m1/s1. The first-order chi connectivity index (χ1) is 12.6. The lowest BCUT2D eigenvalue weighted by Gasteiger charge is -2.17. The van der Waals surface area contributed by atoms with E-state index in [1.807, 2.05) is 66.0 Å². The fraction of sp³-hybridized carbons (Fsp3) is 0.150. The van der Waals surface area contributed by atoms with Crippen LogP contribution in [0.4, 0.5) is 5.13 Å². The molecule has 1 N–H and O–H groups in total. The molecule has 5 nitrogen and oxygen atoms in total. The van der Waals surface area contributed by atoms with Crippen LogP contribution >= 0.6 is 11.3 Å². The van der Waals surface area contributed by atoms with Crippen LogP contribution in [0.1, 0.15) is 24.3 Å². The number of carboxylic acid groups (broad SMARTS) is 1. The Morgan fingerprint density at radius 2 is 1.65 bits per heavy atom. The Morgan fingerprint density at radius 1 is 1.00 bits per heavy atom. The minimum Gasteiger partial charge on any atom is -0.550 e. The van der Waals surface area contributed by atoms with Gasteiger partial charge in [-0.2, -0.15) is 0 Å². The Balaban J connectivity index is 1.67. The van der Waals surface area contributed by atoms with Gasteiger partial charge in [0.05, 0.1) is 5.69 Å². The molecule has 0 bridgehead atoms. The summed E-state index contributed by atoms with van der Waals surface area (Å²) in [7, 11) is 0. The van der Waals surface area contributed by atoms with Crippen molar-refractivity contribution in [3.63, 3.8) is 0 Å². The Hall–Kier alpha value is -2.99. The second kappa shape index (κ2) is 8.40. The van der Waals surface area contributed by atoms with Crippen molar-refractivity contribution in [3.05, 3.63) is 71.6 Å². The first kappa shape index (κ1) is 17.8. The highest BCUT2D eigenvalue weighted by atomic mass is 32.1. The number of nitrogens with zero attached hydrogens (tertiary/aromatic N) is 1. The first-order valence-corrected chi connectivity index (χ1v) is 9.05. The number of hydrogen-bond donors (Lipinski definition) is 1. The number of rotatable bonds is 7. The molecule has 0 radical (unpaired) electrons. The summed E-state index contributed by atoms with van der Waals surface area (Å²) in [6.45, 7) is 0. The molecule has 0 fully saturated rings. The zero-order valence-electron chi connectivity index (χ0n) is 13.9. The topological polar surface area (TPSA) is 82.1 Å². The molecule has 0 aliphatic rings. The summed E-state index contributed by atoms with van der Waals surface area (Å²) in [5.74, 6) is -1.88. The summed E-state index contributed by atoms with van der Waals surface area (Å²) in [6.07, 6.45) is -0.150. The summed E-state index contributed by atoms with van der Waals surface area (Å²) >= 11 is 1.34. The number of nitrogens with one attached hydrogen (secondary N) is 1. The smallest absolute Gasteiger partial charge is 0.226 e. The number of hydrogen-bond acceptors (Lipinski definition) is 5. The largest absolute Gasteiger partial charge is 0.550 e. The van der Waals surface area contributed by atoms with Crippen molar-refractivity contribution in [1.82, 2.24) is 4.98 Å². The molecule has 1 atom stereocenters. The van der Waals surface area contributed by atoms with Gasteiger partial charge in [-0.3, -0.25) is 4.79 Å². The van der Waals surface area contributed by atoms with Gasteiger partial charge < -0.3 is 15.2 Å². The molecule has 0 unspecified atom stereocenters. The van der Waals surface area contributed by atoms with E-state index in [1.54, 1.807) is 0 Å². The number of anilines is 1. The summed E-state index contributed by atoms with van der Waals surface area (Å²) in [5.41, 5.74) is 2.57. The molecule has 2 aromatic carbocycles. The average molecular weight is 365 g/mol. The summed E-state index contributed by atoms with van der Waals surface area (Å²) in [6, 6.07) is 18.8. The first-order valence-electron chi connectivity index (χ1n) is 8.17. The van der Waals surface area contributed by atoms with E-state index >= 15 is 0 Å². The van der Waals surface area contributed by atoms with Crippen molar-refractivity contribution in [1.29, 1.82) is 0 Å². The van der Waals surface area contributed by atoms with Gasteiger partial charge in [0, 0.05) is 23.3 Å². The van der Waals surface area contributed by atoms with Crippen LogP contribution in [0.2, 0.25) is 0 Å². The molecule has 3 rings (SSSR count). The molecule has 0 aliphatic carbocycles. The van der Waals surface area contributed by atoms with Crippen molar-refractivity contribution in [2.75, 3.05) is 5.32 Å².